The predicted octanol–water partition coefficient (Wildman–Crippen LogP) is 2.30. The van der Waals surface area contributed by atoms with E-state index in [0.29, 0.717) is 12.5 Å². The van der Waals surface area contributed by atoms with Crippen LogP contribution in [0, 0.1) is 11.8 Å². The Morgan fingerprint density at radius 2 is 2.23 bits per heavy atom. The molecule has 0 amide bonds. The third-order valence-corrected chi connectivity index (χ3v) is 2.98. The molecule has 13 heavy (non-hydrogen) atoms. The number of rotatable bonds is 3. The van der Waals surface area contributed by atoms with Crippen LogP contribution in [-0.4, -0.2) is 12.6 Å². The normalized spacial score (nSPS) is 27.2. The van der Waals surface area contributed by atoms with E-state index >= 15 is 0 Å². The number of carbonyl (C=O) groups is 1. The van der Waals surface area contributed by atoms with Gasteiger partial charge in [-0.15, -0.1) is 0 Å². The number of ether oxygens (including phenoxy) is 1. The summed E-state index contributed by atoms with van der Waals surface area (Å²) in [6.07, 6.45) is 7.30. The number of carbonyl (C=O) groups excluding carboxylic acids is 1. The highest BCUT2D eigenvalue weighted by molar-refractivity contribution is 5.83. The van der Waals surface area contributed by atoms with Crippen LogP contribution in [0.2, 0.25) is 0 Å². The predicted molar refractivity (Wildman–Crippen MR) is 50.2 cm³/mol. The quantitative estimate of drug-likeness (QED) is 0.492. The van der Waals surface area contributed by atoms with Crippen molar-refractivity contribution in [3.63, 3.8) is 0 Å². The Balaban J connectivity index is 1.80. The van der Waals surface area contributed by atoms with Crippen molar-refractivity contribution in [2.75, 3.05) is 6.61 Å². The molecule has 0 heterocycles. The van der Waals surface area contributed by atoms with Gasteiger partial charge in [-0.1, -0.05) is 24.5 Å². The maximum Gasteiger partial charge on any atom is 0.316 e. The third kappa shape index (κ3) is 1.77. The Morgan fingerprint density at radius 3 is 2.85 bits per heavy atom. The molecule has 72 valence electrons. The summed E-state index contributed by atoms with van der Waals surface area (Å²) in [6.45, 7) is 2.36. The van der Waals surface area contributed by atoms with Crippen LogP contribution in [0.4, 0.5) is 0 Å². The molecule has 0 aromatic carbocycles. The molecule has 2 rings (SSSR count). The summed E-state index contributed by atoms with van der Waals surface area (Å²) in [7, 11) is 0. The van der Waals surface area contributed by atoms with Gasteiger partial charge in [0.2, 0.25) is 0 Å². The lowest BCUT2D eigenvalue weighted by Gasteiger charge is -2.06. The van der Waals surface area contributed by atoms with Crippen LogP contribution in [0.25, 0.3) is 0 Å². The van der Waals surface area contributed by atoms with Crippen molar-refractivity contribution in [3.05, 3.63) is 11.6 Å². The maximum absolute atomic E-state index is 11.3. The minimum absolute atomic E-state index is 0.0376. The van der Waals surface area contributed by atoms with Gasteiger partial charge in [-0.2, -0.15) is 0 Å². The zero-order valence-corrected chi connectivity index (χ0v) is 8.08. The van der Waals surface area contributed by atoms with E-state index in [2.05, 4.69) is 6.08 Å². The van der Waals surface area contributed by atoms with Crippen LogP contribution in [0.1, 0.15) is 32.6 Å². The fourth-order valence-electron chi connectivity index (χ4n) is 2.23. The van der Waals surface area contributed by atoms with E-state index in [4.69, 9.17) is 4.74 Å². The first-order valence-electron chi connectivity index (χ1n) is 5.21. The third-order valence-electron chi connectivity index (χ3n) is 2.98. The van der Waals surface area contributed by atoms with Gasteiger partial charge in [-0.05, 0) is 25.7 Å². The highest BCUT2D eigenvalue weighted by Gasteiger charge is 2.38. The van der Waals surface area contributed by atoms with Crippen molar-refractivity contribution in [1.82, 2.24) is 0 Å². The second-order valence-corrected chi connectivity index (χ2v) is 3.88. The average Bonchev–Trinajstić information content (AvgIpc) is 2.74. The molecule has 1 saturated carbocycles. The summed E-state index contributed by atoms with van der Waals surface area (Å²) in [6, 6.07) is 0. The largest absolute Gasteiger partial charge is 0.465 e. The molecule has 2 aliphatic rings. The van der Waals surface area contributed by atoms with E-state index in [1.807, 2.05) is 6.92 Å². The number of hydrogen-bond acceptors (Lipinski definition) is 2. The molecule has 1 fully saturated rings. The molecule has 0 bridgehead atoms. The molecule has 1 unspecified atom stereocenters. The minimum atomic E-state index is -0.0376. The van der Waals surface area contributed by atoms with Crippen molar-refractivity contribution in [2.45, 2.75) is 32.6 Å². The highest BCUT2D eigenvalue weighted by Crippen LogP contribution is 2.44. The second kappa shape index (κ2) is 3.52. The first kappa shape index (κ1) is 8.79. The standard InChI is InChI=1S/C11H16O2/c1-2-13-11(12)10-7-9(10)8-5-3-4-6-8/h7-8,10H,2-6H2,1H3. The summed E-state index contributed by atoms with van der Waals surface area (Å²) in [4.78, 5) is 11.3. The molecule has 0 N–H and O–H groups in total. The molecule has 0 aliphatic heterocycles. The fraction of sp³-hybridized carbons (Fsp3) is 0.727. The molecule has 1 atom stereocenters. The Labute approximate surface area is 79.0 Å². The lowest BCUT2D eigenvalue weighted by atomic mass is 10.0. The van der Waals surface area contributed by atoms with Crippen LogP contribution in [0.15, 0.2) is 11.6 Å². The van der Waals surface area contributed by atoms with Gasteiger partial charge < -0.3 is 4.74 Å². The molecule has 2 aliphatic carbocycles. The zero-order valence-electron chi connectivity index (χ0n) is 8.08. The molecule has 0 saturated heterocycles. The summed E-state index contributed by atoms with van der Waals surface area (Å²) >= 11 is 0. The SMILES string of the molecule is CCOC(=O)C1C=C1C1CCCC1. The lowest BCUT2D eigenvalue weighted by Crippen LogP contribution is -2.10. The Kier molecular flexibility index (Phi) is 2.38. The first-order valence-corrected chi connectivity index (χ1v) is 5.21. The van der Waals surface area contributed by atoms with E-state index in [1.54, 1.807) is 0 Å². The minimum Gasteiger partial charge on any atom is -0.465 e. The average molecular weight is 180 g/mol. The highest BCUT2D eigenvalue weighted by atomic mass is 16.5. The molecule has 0 spiro atoms. The molecular formula is C11H16O2. The van der Waals surface area contributed by atoms with Crippen molar-refractivity contribution in [3.8, 4) is 0 Å². The Hall–Kier alpha value is -0.790. The van der Waals surface area contributed by atoms with Gasteiger partial charge in [0.05, 0.1) is 12.5 Å². The van der Waals surface area contributed by atoms with Crippen molar-refractivity contribution in [1.29, 1.82) is 0 Å². The molecule has 2 nitrogen and oxygen atoms in total. The summed E-state index contributed by atoms with van der Waals surface area (Å²) in [5.41, 5.74) is 1.36. The van der Waals surface area contributed by atoms with E-state index in [-0.39, 0.29) is 11.9 Å². The Morgan fingerprint density at radius 1 is 1.54 bits per heavy atom. The second-order valence-electron chi connectivity index (χ2n) is 3.88. The van der Waals surface area contributed by atoms with Crippen molar-refractivity contribution in [2.24, 2.45) is 11.8 Å². The fourth-order valence-corrected chi connectivity index (χ4v) is 2.23. The van der Waals surface area contributed by atoms with Gasteiger partial charge in [-0.3, -0.25) is 4.79 Å². The monoisotopic (exact) mass is 180 g/mol. The van der Waals surface area contributed by atoms with Crippen LogP contribution in [0.3, 0.4) is 0 Å². The molecular weight excluding hydrogens is 164 g/mol. The van der Waals surface area contributed by atoms with Crippen molar-refractivity contribution >= 4 is 5.97 Å². The molecule has 2 heteroatoms. The zero-order chi connectivity index (χ0) is 9.26. The number of hydrogen-bond donors (Lipinski definition) is 0. The summed E-state index contributed by atoms with van der Waals surface area (Å²) < 4.78 is 4.96. The van der Waals surface area contributed by atoms with E-state index < -0.39 is 0 Å². The van der Waals surface area contributed by atoms with E-state index in [9.17, 15) is 4.79 Å². The van der Waals surface area contributed by atoms with Crippen molar-refractivity contribution < 1.29 is 9.53 Å². The number of esters is 1. The summed E-state index contributed by atoms with van der Waals surface area (Å²) in [5.74, 6) is 0.724. The van der Waals surface area contributed by atoms with Gasteiger partial charge in [0, 0.05) is 0 Å². The van der Waals surface area contributed by atoms with Gasteiger partial charge in [0.1, 0.15) is 0 Å². The van der Waals surface area contributed by atoms with Gasteiger partial charge in [0.15, 0.2) is 0 Å². The molecule has 0 aromatic rings. The first-order chi connectivity index (χ1) is 6.33. The van der Waals surface area contributed by atoms with Crippen LogP contribution < -0.4 is 0 Å². The summed E-state index contributed by atoms with van der Waals surface area (Å²) in [5, 5.41) is 0. The van der Waals surface area contributed by atoms with Gasteiger partial charge in [-0.25, -0.2) is 0 Å². The molecule has 0 radical (unpaired) electrons. The Bertz CT molecular complexity index is 236. The van der Waals surface area contributed by atoms with Gasteiger partial charge in [0.25, 0.3) is 0 Å². The molecule has 0 aromatic heterocycles. The van der Waals surface area contributed by atoms with E-state index in [0.717, 1.165) is 0 Å². The van der Waals surface area contributed by atoms with Gasteiger partial charge >= 0.3 is 5.97 Å². The lowest BCUT2D eigenvalue weighted by molar-refractivity contribution is -0.144. The van der Waals surface area contributed by atoms with E-state index in [1.165, 1.54) is 31.3 Å². The maximum atomic E-state index is 11.3. The smallest absolute Gasteiger partial charge is 0.316 e. The topological polar surface area (TPSA) is 26.3 Å². The van der Waals surface area contributed by atoms with Crippen LogP contribution in [-0.2, 0) is 9.53 Å². The van der Waals surface area contributed by atoms with Crippen LogP contribution >= 0.6 is 0 Å². The van der Waals surface area contributed by atoms with Crippen LogP contribution in [0.5, 0.6) is 0 Å².